The molecule has 0 atom stereocenters. The lowest BCUT2D eigenvalue weighted by Gasteiger charge is -2.01. The van der Waals surface area contributed by atoms with E-state index in [9.17, 15) is 0 Å². The van der Waals surface area contributed by atoms with Gasteiger partial charge in [0.05, 0.1) is 0 Å². The Labute approximate surface area is 92.6 Å². The molecule has 0 amide bonds. The second-order valence-corrected chi connectivity index (χ2v) is 4.49. The minimum absolute atomic E-state index is 0.727. The van der Waals surface area contributed by atoms with E-state index in [1.54, 1.807) is 0 Å². The van der Waals surface area contributed by atoms with Crippen LogP contribution in [0.25, 0.3) is 10.4 Å². The Balaban J connectivity index is 2.50. The topological polar surface area (TPSA) is 49.8 Å². The standard InChI is InChI=1S/C12H10N2S/c1-8-4-9(6-10(14)5-8)12-3-2-11(7-13)15-12/h2-6H,14H2,1H3. The zero-order chi connectivity index (χ0) is 10.8. The van der Waals surface area contributed by atoms with Gasteiger partial charge < -0.3 is 5.73 Å². The highest BCUT2D eigenvalue weighted by Gasteiger charge is 2.03. The lowest BCUT2D eigenvalue weighted by molar-refractivity contribution is 1.48. The highest BCUT2D eigenvalue weighted by Crippen LogP contribution is 2.29. The number of thiophene rings is 1. The summed E-state index contributed by atoms with van der Waals surface area (Å²) >= 11 is 1.49. The predicted octanol–water partition coefficient (Wildman–Crippen LogP) is 3.18. The molecule has 0 aliphatic rings. The number of anilines is 1. The molecule has 0 radical (unpaired) electrons. The largest absolute Gasteiger partial charge is 0.399 e. The Morgan fingerprint density at radius 3 is 2.67 bits per heavy atom. The van der Waals surface area contributed by atoms with E-state index >= 15 is 0 Å². The maximum Gasteiger partial charge on any atom is 0.110 e. The molecule has 0 saturated carbocycles. The second-order valence-electron chi connectivity index (χ2n) is 3.41. The first-order valence-corrected chi connectivity index (χ1v) is 5.38. The Morgan fingerprint density at radius 1 is 1.27 bits per heavy atom. The third-order valence-corrected chi connectivity index (χ3v) is 3.14. The van der Waals surface area contributed by atoms with E-state index in [-0.39, 0.29) is 0 Å². The molecule has 1 heterocycles. The summed E-state index contributed by atoms with van der Waals surface area (Å²) in [5, 5.41) is 8.74. The molecule has 0 unspecified atom stereocenters. The fraction of sp³-hybridized carbons (Fsp3) is 0.0833. The zero-order valence-electron chi connectivity index (χ0n) is 8.32. The Kier molecular flexibility index (Phi) is 2.44. The van der Waals surface area contributed by atoms with Crippen molar-refractivity contribution in [3.63, 3.8) is 0 Å². The van der Waals surface area contributed by atoms with Crippen LogP contribution in [-0.4, -0.2) is 0 Å². The van der Waals surface area contributed by atoms with Crippen molar-refractivity contribution in [1.82, 2.24) is 0 Å². The van der Waals surface area contributed by atoms with Crippen LogP contribution in [0.3, 0.4) is 0 Å². The number of hydrogen-bond acceptors (Lipinski definition) is 3. The second kappa shape index (κ2) is 3.76. The molecule has 2 N–H and O–H groups in total. The molecular formula is C12H10N2S. The molecule has 0 saturated heterocycles. The van der Waals surface area contributed by atoms with Crippen LogP contribution in [0.4, 0.5) is 5.69 Å². The van der Waals surface area contributed by atoms with Gasteiger partial charge in [-0.2, -0.15) is 5.26 Å². The zero-order valence-corrected chi connectivity index (χ0v) is 9.14. The molecule has 3 heteroatoms. The summed E-state index contributed by atoms with van der Waals surface area (Å²) in [6, 6.07) is 11.9. The van der Waals surface area contributed by atoms with Gasteiger partial charge in [0, 0.05) is 10.6 Å². The molecule has 0 aliphatic carbocycles. The number of hydrogen-bond donors (Lipinski definition) is 1. The Bertz CT molecular complexity index is 515. The third-order valence-electron chi connectivity index (χ3n) is 2.10. The number of nitrogen functional groups attached to an aromatic ring is 1. The maximum atomic E-state index is 8.74. The molecule has 1 aromatic carbocycles. The van der Waals surface area contributed by atoms with Gasteiger partial charge >= 0.3 is 0 Å². The third kappa shape index (κ3) is 2.00. The number of benzene rings is 1. The van der Waals surface area contributed by atoms with Gasteiger partial charge in [0.2, 0.25) is 0 Å². The first-order valence-electron chi connectivity index (χ1n) is 4.56. The molecule has 2 rings (SSSR count). The van der Waals surface area contributed by atoms with E-state index in [1.165, 1.54) is 11.3 Å². The summed E-state index contributed by atoms with van der Waals surface area (Å²) < 4.78 is 0. The molecule has 1 aromatic heterocycles. The summed E-state index contributed by atoms with van der Waals surface area (Å²) in [5.74, 6) is 0. The van der Waals surface area contributed by atoms with Gasteiger partial charge in [-0.15, -0.1) is 11.3 Å². The highest BCUT2D eigenvalue weighted by atomic mass is 32.1. The number of nitrogens with two attached hydrogens (primary N) is 1. The van der Waals surface area contributed by atoms with E-state index in [0.717, 1.165) is 26.6 Å². The van der Waals surface area contributed by atoms with Crippen LogP contribution < -0.4 is 5.73 Å². The van der Waals surface area contributed by atoms with Crippen molar-refractivity contribution in [2.75, 3.05) is 5.73 Å². The number of nitriles is 1. The Morgan fingerprint density at radius 2 is 2.07 bits per heavy atom. The molecule has 0 fully saturated rings. The Hall–Kier alpha value is -1.79. The highest BCUT2D eigenvalue weighted by molar-refractivity contribution is 7.16. The summed E-state index contributed by atoms with van der Waals surface area (Å²) in [6.45, 7) is 2.01. The number of rotatable bonds is 1. The SMILES string of the molecule is Cc1cc(N)cc(-c2ccc(C#N)s2)c1. The van der Waals surface area contributed by atoms with Crippen LogP contribution in [0, 0.1) is 18.3 Å². The van der Waals surface area contributed by atoms with Crippen LogP contribution >= 0.6 is 11.3 Å². The van der Waals surface area contributed by atoms with E-state index in [1.807, 2.05) is 31.2 Å². The minimum Gasteiger partial charge on any atom is -0.399 e. The van der Waals surface area contributed by atoms with Crippen LogP contribution in [0.5, 0.6) is 0 Å². The average molecular weight is 214 g/mol. The first-order chi connectivity index (χ1) is 7.19. The van der Waals surface area contributed by atoms with Crippen molar-refractivity contribution in [3.05, 3.63) is 40.8 Å². The van der Waals surface area contributed by atoms with E-state index in [2.05, 4.69) is 12.1 Å². The minimum atomic E-state index is 0.727. The fourth-order valence-electron chi connectivity index (χ4n) is 1.51. The monoisotopic (exact) mass is 214 g/mol. The number of aryl methyl sites for hydroxylation is 1. The smallest absolute Gasteiger partial charge is 0.110 e. The van der Waals surface area contributed by atoms with Crippen molar-refractivity contribution in [1.29, 1.82) is 5.26 Å². The quantitative estimate of drug-likeness (QED) is 0.741. The van der Waals surface area contributed by atoms with Crippen LogP contribution in [0.2, 0.25) is 0 Å². The molecule has 2 nitrogen and oxygen atoms in total. The fourth-order valence-corrected chi connectivity index (χ4v) is 2.30. The van der Waals surface area contributed by atoms with Crippen molar-refractivity contribution in [2.24, 2.45) is 0 Å². The van der Waals surface area contributed by atoms with Crippen LogP contribution in [0.1, 0.15) is 10.4 Å². The predicted molar refractivity (Wildman–Crippen MR) is 63.6 cm³/mol. The van der Waals surface area contributed by atoms with Gasteiger partial charge in [0.15, 0.2) is 0 Å². The normalized spacial score (nSPS) is 9.87. The molecule has 15 heavy (non-hydrogen) atoms. The average Bonchev–Trinajstić information content (AvgIpc) is 2.64. The summed E-state index contributed by atoms with van der Waals surface area (Å²) in [4.78, 5) is 1.81. The van der Waals surface area contributed by atoms with E-state index in [0.29, 0.717) is 0 Å². The van der Waals surface area contributed by atoms with Gasteiger partial charge in [-0.25, -0.2) is 0 Å². The van der Waals surface area contributed by atoms with Crippen molar-refractivity contribution >= 4 is 17.0 Å². The molecule has 0 bridgehead atoms. The van der Waals surface area contributed by atoms with E-state index in [4.69, 9.17) is 11.0 Å². The van der Waals surface area contributed by atoms with E-state index < -0.39 is 0 Å². The summed E-state index contributed by atoms with van der Waals surface area (Å²) in [5.41, 5.74) is 8.76. The number of nitrogens with zero attached hydrogens (tertiary/aromatic N) is 1. The van der Waals surface area contributed by atoms with Gasteiger partial charge in [0.25, 0.3) is 0 Å². The van der Waals surface area contributed by atoms with Crippen LogP contribution in [0.15, 0.2) is 30.3 Å². The summed E-state index contributed by atoms with van der Waals surface area (Å²) in [6.07, 6.45) is 0. The van der Waals surface area contributed by atoms with Gasteiger partial charge in [0.1, 0.15) is 10.9 Å². The lowest BCUT2D eigenvalue weighted by atomic mass is 10.1. The van der Waals surface area contributed by atoms with Crippen LogP contribution in [-0.2, 0) is 0 Å². The molecule has 74 valence electrons. The lowest BCUT2D eigenvalue weighted by Crippen LogP contribution is -1.86. The maximum absolute atomic E-state index is 8.74. The van der Waals surface area contributed by atoms with Crippen molar-refractivity contribution < 1.29 is 0 Å². The summed E-state index contributed by atoms with van der Waals surface area (Å²) in [7, 11) is 0. The molecule has 0 spiro atoms. The first kappa shape index (κ1) is 9.75. The van der Waals surface area contributed by atoms with Gasteiger partial charge in [-0.05, 0) is 42.3 Å². The van der Waals surface area contributed by atoms with Crippen molar-refractivity contribution in [3.8, 4) is 16.5 Å². The molecule has 0 aliphatic heterocycles. The molecular weight excluding hydrogens is 204 g/mol. The van der Waals surface area contributed by atoms with Gasteiger partial charge in [-0.1, -0.05) is 6.07 Å². The molecule has 2 aromatic rings. The van der Waals surface area contributed by atoms with Crippen molar-refractivity contribution in [2.45, 2.75) is 6.92 Å². The van der Waals surface area contributed by atoms with Gasteiger partial charge in [-0.3, -0.25) is 0 Å².